The monoisotopic (exact) mass is 498 g/mol. The Balaban J connectivity index is 1.93. The molecule has 1 amide bonds. The summed E-state index contributed by atoms with van der Waals surface area (Å²) in [6, 6.07) is 10.1. The van der Waals surface area contributed by atoms with Crippen LogP contribution < -0.4 is 10.6 Å². The number of halogens is 1. The van der Waals surface area contributed by atoms with E-state index in [1.165, 1.54) is 5.56 Å². The molecule has 2 N–H and O–H groups in total. The van der Waals surface area contributed by atoms with E-state index in [1.54, 1.807) is 11.3 Å². The third-order valence-corrected chi connectivity index (χ3v) is 6.62. The number of amides is 1. The Labute approximate surface area is 213 Å². The first kappa shape index (κ1) is 27.7. The van der Waals surface area contributed by atoms with Crippen molar-refractivity contribution in [3.05, 3.63) is 75.9 Å². The van der Waals surface area contributed by atoms with Crippen LogP contribution in [0.4, 0.5) is 0 Å². The molecule has 1 aromatic carbocycles. The summed E-state index contributed by atoms with van der Waals surface area (Å²) in [5.41, 5.74) is 2.94. The Kier molecular flexibility index (Phi) is 11.9. The number of hydrogen-bond donors (Lipinski definition) is 2. The Morgan fingerprint density at radius 1 is 1.32 bits per heavy atom. The van der Waals surface area contributed by atoms with Gasteiger partial charge in [0.05, 0.1) is 22.1 Å². The highest BCUT2D eigenvalue weighted by Crippen LogP contribution is 2.22. The van der Waals surface area contributed by atoms with E-state index in [9.17, 15) is 4.79 Å². The van der Waals surface area contributed by atoms with Crippen LogP contribution in [-0.2, 0) is 24.1 Å². The minimum atomic E-state index is -0.339. The first-order chi connectivity index (χ1) is 16.3. The van der Waals surface area contributed by atoms with Crippen LogP contribution >= 0.6 is 22.9 Å². The van der Waals surface area contributed by atoms with E-state index in [4.69, 9.17) is 18.0 Å². The number of alkyl halides is 1. The van der Waals surface area contributed by atoms with E-state index < -0.39 is 0 Å². The molecule has 2 aromatic rings. The normalized spacial score (nSPS) is 12.9. The first-order valence-corrected chi connectivity index (χ1v) is 12.6. The molecule has 0 aliphatic heterocycles. The lowest BCUT2D eigenvalue weighted by molar-refractivity contribution is -0.121. The van der Waals surface area contributed by atoms with Gasteiger partial charge in [0.15, 0.2) is 0 Å². The zero-order valence-electron chi connectivity index (χ0n) is 20.3. The maximum Gasteiger partial charge on any atom is 0.220 e. The van der Waals surface area contributed by atoms with Gasteiger partial charge in [-0.25, -0.2) is 4.98 Å². The fourth-order valence-electron chi connectivity index (χ4n) is 3.32. The standard InChI is InChI=1S/C27H35ClN4OS/c1-6-23(28)18-25-21(3)30-27(34-25)15-14-26(33)31-24(17-22-12-8-7-9-13-22)19-29-20(2)11-10-16-32(4)5/h1,7-13,23-24,29H,2,14-19H2,3-5H3,(H,31,33)/b11-10+/t23-,24+/m1/s1. The van der Waals surface area contributed by atoms with Gasteiger partial charge < -0.3 is 15.5 Å². The third-order valence-electron chi connectivity index (χ3n) is 5.10. The number of carbonyl (C=O) groups excluding carboxylic acids is 1. The highest BCUT2D eigenvalue weighted by molar-refractivity contribution is 7.11. The van der Waals surface area contributed by atoms with Crippen molar-refractivity contribution < 1.29 is 4.79 Å². The van der Waals surface area contributed by atoms with Crippen molar-refractivity contribution in [1.29, 1.82) is 0 Å². The number of nitrogens with one attached hydrogen (secondary N) is 2. The van der Waals surface area contributed by atoms with Crippen LogP contribution in [-0.4, -0.2) is 54.4 Å². The van der Waals surface area contributed by atoms with Crippen LogP contribution in [0.3, 0.4) is 0 Å². The molecule has 0 spiro atoms. The van der Waals surface area contributed by atoms with E-state index >= 15 is 0 Å². The number of hydrogen-bond acceptors (Lipinski definition) is 5. The van der Waals surface area contributed by atoms with Crippen LogP contribution in [0.15, 0.2) is 54.8 Å². The number of aryl methyl sites for hydroxylation is 2. The van der Waals surface area contributed by atoms with Gasteiger partial charge in [-0.15, -0.1) is 29.4 Å². The molecule has 0 saturated carbocycles. The minimum absolute atomic E-state index is 0.00439. The smallest absolute Gasteiger partial charge is 0.220 e. The molecule has 2 atom stereocenters. The molecule has 2 rings (SSSR count). The molecule has 0 saturated heterocycles. The van der Waals surface area contributed by atoms with Crippen LogP contribution in [0.25, 0.3) is 0 Å². The number of terminal acetylenes is 1. The zero-order chi connectivity index (χ0) is 24.9. The predicted molar refractivity (Wildman–Crippen MR) is 144 cm³/mol. The molecule has 34 heavy (non-hydrogen) atoms. The largest absolute Gasteiger partial charge is 0.383 e. The number of aromatic nitrogens is 1. The molecule has 182 valence electrons. The molecule has 0 radical (unpaired) electrons. The van der Waals surface area contributed by atoms with Gasteiger partial charge in [0.25, 0.3) is 0 Å². The van der Waals surface area contributed by atoms with Gasteiger partial charge in [0.1, 0.15) is 0 Å². The minimum Gasteiger partial charge on any atom is -0.383 e. The van der Waals surface area contributed by atoms with E-state index in [0.717, 1.165) is 34.2 Å². The van der Waals surface area contributed by atoms with Crippen molar-refractivity contribution in [3.8, 4) is 12.3 Å². The summed E-state index contributed by atoms with van der Waals surface area (Å²) in [7, 11) is 4.04. The van der Waals surface area contributed by atoms with Crippen molar-refractivity contribution in [2.24, 2.45) is 0 Å². The van der Waals surface area contributed by atoms with Crippen LogP contribution in [0.5, 0.6) is 0 Å². The zero-order valence-corrected chi connectivity index (χ0v) is 21.9. The maximum atomic E-state index is 12.8. The van der Waals surface area contributed by atoms with Gasteiger partial charge >= 0.3 is 0 Å². The second-order valence-electron chi connectivity index (χ2n) is 8.48. The molecular weight excluding hydrogens is 464 g/mol. The summed E-state index contributed by atoms with van der Waals surface area (Å²) in [5.74, 6) is 2.54. The summed E-state index contributed by atoms with van der Waals surface area (Å²) in [6.45, 7) is 7.46. The second-order valence-corrected chi connectivity index (χ2v) is 10.2. The van der Waals surface area contributed by atoms with Gasteiger partial charge in [-0.05, 0) is 39.1 Å². The molecule has 5 nitrogen and oxygen atoms in total. The van der Waals surface area contributed by atoms with Crippen molar-refractivity contribution >= 4 is 28.8 Å². The lowest BCUT2D eigenvalue weighted by Crippen LogP contribution is -2.43. The molecule has 1 aromatic heterocycles. The number of carbonyl (C=O) groups is 1. The molecule has 7 heteroatoms. The molecule has 1 heterocycles. The van der Waals surface area contributed by atoms with Crippen LogP contribution in [0, 0.1) is 19.3 Å². The Morgan fingerprint density at radius 2 is 2.06 bits per heavy atom. The highest BCUT2D eigenvalue weighted by Gasteiger charge is 2.16. The third kappa shape index (κ3) is 10.6. The van der Waals surface area contributed by atoms with E-state index in [0.29, 0.717) is 25.8 Å². The molecule has 0 fully saturated rings. The van der Waals surface area contributed by atoms with Gasteiger partial charge in [0, 0.05) is 42.9 Å². The number of rotatable bonds is 14. The number of likely N-dealkylation sites (N-methyl/N-ethyl adjacent to an activating group) is 1. The predicted octanol–water partition coefficient (Wildman–Crippen LogP) is 4.12. The summed E-state index contributed by atoms with van der Waals surface area (Å²) in [5, 5.41) is 7.11. The van der Waals surface area contributed by atoms with Crippen LogP contribution in [0.1, 0.15) is 27.6 Å². The molecular formula is C27H35ClN4OS. The Morgan fingerprint density at radius 3 is 2.74 bits per heavy atom. The Bertz CT molecular complexity index is 994. The summed E-state index contributed by atoms with van der Waals surface area (Å²) < 4.78 is 0. The highest BCUT2D eigenvalue weighted by atomic mass is 35.5. The maximum absolute atomic E-state index is 12.8. The number of thiazole rings is 1. The summed E-state index contributed by atoms with van der Waals surface area (Å²) in [4.78, 5) is 20.5. The summed E-state index contributed by atoms with van der Waals surface area (Å²) in [6.07, 6.45) is 11.7. The SMILES string of the molecule is C#C[C@@H](Cl)Cc1sc(CCC(=O)N[C@H](CNC(=C)/C=C/CN(C)C)Cc2ccccc2)nc1C. The lowest BCUT2D eigenvalue weighted by atomic mass is 10.1. The number of allylic oxidation sites excluding steroid dienone is 1. The molecule has 0 bridgehead atoms. The Hall–Kier alpha value is -2.59. The fourth-order valence-corrected chi connectivity index (χ4v) is 4.68. The van der Waals surface area contributed by atoms with E-state index in [-0.39, 0.29) is 17.3 Å². The van der Waals surface area contributed by atoms with Gasteiger partial charge in [-0.1, -0.05) is 48.9 Å². The number of benzene rings is 1. The summed E-state index contributed by atoms with van der Waals surface area (Å²) >= 11 is 7.67. The van der Waals surface area contributed by atoms with Gasteiger partial charge in [-0.3, -0.25) is 4.79 Å². The van der Waals surface area contributed by atoms with Crippen molar-refractivity contribution in [3.63, 3.8) is 0 Å². The van der Waals surface area contributed by atoms with Crippen molar-refractivity contribution in [2.45, 2.75) is 44.0 Å². The number of nitrogens with zero attached hydrogens (tertiary/aromatic N) is 2. The van der Waals surface area contributed by atoms with Crippen LogP contribution in [0.2, 0.25) is 0 Å². The molecule has 0 unspecified atom stereocenters. The topological polar surface area (TPSA) is 57.3 Å². The quantitative estimate of drug-likeness (QED) is 0.234. The average Bonchev–Trinajstić information content (AvgIpc) is 3.15. The molecule has 0 aliphatic rings. The second kappa shape index (κ2) is 14.6. The van der Waals surface area contributed by atoms with Crippen molar-refractivity contribution in [2.75, 3.05) is 27.2 Å². The first-order valence-electron chi connectivity index (χ1n) is 11.4. The lowest BCUT2D eigenvalue weighted by Gasteiger charge is -2.20. The van der Waals surface area contributed by atoms with Gasteiger partial charge in [-0.2, -0.15) is 0 Å². The molecule has 0 aliphatic carbocycles. The van der Waals surface area contributed by atoms with E-state index in [2.05, 4.69) is 51.2 Å². The van der Waals surface area contributed by atoms with Crippen molar-refractivity contribution in [1.82, 2.24) is 20.5 Å². The average molecular weight is 499 g/mol. The van der Waals surface area contributed by atoms with Gasteiger partial charge in [0.2, 0.25) is 5.91 Å². The fraction of sp³-hybridized carbons (Fsp3) is 0.407. The van der Waals surface area contributed by atoms with E-state index in [1.807, 2.05) is 45.3 Å².